The van der Waals surface area contributed by atoms with E-state index in [0.717, 1.165) is 16.7 Å². The molecule has 0 saturated heterocycles. The average Bonchev–Trinajstić information content (AvgIpc) is 2.82. The first-order valence-electron chi connectivity index (χ1n) is 9.90. The van der Waals surface area contributed by atoms with Gasteiger partial charge in [0, 0.05) is 24.0 Å². The smallest absolute Gasteiger partial charge is 0.311 e. The van der Waals surface area contributed by atoms with Gasteiger partial charge >= 0.3 is 5.97 Å². The summed E-state index contributed by atoms with van der Waals surface area (Å²) in [5.74, 6) is -1.27. The number of pyridine rings is 1. The number of amides is 1. The maximum absolute atomic E-state index is 12.8. The lowest BCUT2D eigenvalue weighted by Gasteiger charge is -2.23. The molecule has 3 rings (SSSR count). The molecule has 0 radical (unpaired) electrons. The highest BCUT2D eigenvalue weighted by molar-refractivity contribution is 5.95. The molecule has 1 heterocycles. The van der Waals surface area contributed by atoms with Crippen molar-refractivity contribution in [3.8, 4) is 17.2 Å². The van der Waals surface area contributed by atoms with Crippen LogP contribution in [0.3, 0.4) is 0 Å². The summed E-state index contributed by atoms with van der Waals surface area (Å²) in [7, 11) is 1.33. The van der Waals surface area contributed by atoms with Gasteiger partial charge in [0.05, 0.1) is 24.7 Å². The van der Waals surface area contributed by atoms with Gasteiger partial charge in [-0.25, -0.2) is 0 Å². The Morgan fingerprint density at radius 1 is 1.06 bits per heavy atom. The van der Waals surface area contributed by atoms with Crippen LogP contribution < -0.4 is 5.32 Å². The third kappa shape index (κ3) is 5.55. The summed E-state index contributed by atoms with van der Waals surface area (Å²) >= 11 is 0. The number of ether oxygens (including phenoxy) is 1. The van der Waals surface area contributed by atoms with Crippen LogP contribution in [-0.2, 0) is 16.0 Å². The Kier molecular flexibility index (Phi) is 7.13. The standard InChI is InChI=1S/C25H23N3O3/c1-17(23(25(30)31-2)15-18-4-3-5-19(14-18)16-26)28-24(29)22-8-6-20(7-9-22)21-10-12-27-13-11-21/h3-14,17,23H,15H2,1-2H3,(H,28,29)/t17?,23-/m1/s1. The van der Waals surface area contributed by atoms with E-state index in [1.807, 2.05) is 30.3 Å². The summed E-state index contributed by atoms with van der Waals surface area (Å²) in [6, 6.07) is 19.8. The lowest BCUT2D eigenvalue weighted by molar-refractivity contribution is -0.146. The van der Waals surface area contributed by atoms with Gasteiger partial charge in [-0.1, -0.05) is 24.3 Å². The Morgan fingerprint density at radius 2 is 1.74 bits per heavy atom. The van der Waals surface area contributed by atoms with E-state index in [0.29, 0.717) is 17.5 Å². The van der Waals surface area contributed by atoms with Crippen LogP contribution in [0.1, 0.15) is 28.4 Å². The first kappa shape index (κ1) is 21.7. The van der Waals surface area contributed by atoms with E-state index < -0.39 is 17.9 Å². The molecule has 6 nitrogen and oxygen atoms in total. The van der Waals surface area contributed by atoms with E-state index in [9.17, 15) is 9.59 Å². The average molecular weight is 413 g/mol. The van der Waals surface area contributed by atoms with E-state index in [2.05, 4.69) is 16.4 Å². The summed E-state index contributed by atoms with van der Waals surface area (Å²) in [5.41, 5.74) is 3.85. The summed E-state index contributed by atoms with van der Waals surface area (Å²) in [6.07, 6.45) is 3.79. The third-order valence-electron chi connectivity index (χ3n) is 5.14. The topological polar surface area (TPSA) is 92.1 Å². The van der Waals surface area contributed by atoms with Gasteiger partial charge in [0.1, 0.15) is 0 Å². The minimum Gasteiger partial charge on any atom is -0.469 e. The van der Waals surface area contributed by atoms with Crippen molar-refractivity contribution in [2.24, 2.45) is 5.92 Å². The Labute approximate surface area is 181 Å². The number of methoxy groups -OCH3 is 1. The van der Waals surface area contributed by atoms with E-state index in [-0.39, 0.29) is 5.91 Å². The zero-order chi connectivity index (χ0) is 22.2. The number of rotatable bonds is 7. The van der Waals surface area contributed by atoms with Crippen LogP contribution >= 0.6 is 0 Å². The normalized spacial score (nSPS) is 12.3. The molecule has 0 aliphatic heterocycles. The molecule has 0 fully saturated rings. The van der Waals surface area contributed by atoms with E-state index in [4.69, 9.17) is 10.00 Å². The first-order valence-corrected chi connectivity index (χ1v) is 9.90. The summed E-state index contributed by atoms with van der Waals surface area (Å²) in [5, 5.41) is 12.0. The number of carbonyl (C=O) groups excluding carboxylic acids is 2. The number of benzene rings is 2. The van der Waals surface area contributed by atoms with Crippen molar-refractivity contribution in [3.05, 3.63) is 89.7 Å². The maximum Gasteiger partial charge on any atom is 0.311 e. The van der Waals surface area contributed by atoms with Crippen molar-refractivity contribution in [2.45, 2.75) is 19.4 Å². The highest BCUT2D eigenvalue weighted by Gasteiger charge is 2.28. The highest BCUT2D eigenvalue weighted by atomic mass is 16.5. The minimum atomic E-state index is -0.584. The quantitative estimate of drug-likeness (QED) is 0.595. The second-order valence-corrected chi connectivity index (χ2v) is 7.22. The maximum atomic E-state index is 12.8. The van der Waals surface area contributed by atoms with Crippen molar-refractivity contribution in [1.82, 2.24) is 10.3 Å². The molecule has 1 amide bonds. The number of nitriles is 1. The molecule has 1 unspecified atom stereocenters. The number of carbonyl (C=O) groups is 2. The molecule has 0 aliphatic carbocycles. The minimum absolute atomic E-state index is 0.270. The zero-order valence-electron chi connectivity index (χ0n) is 17.4. The van der Waals surface area contributed by atoms with Crippen molar-refractivity contribution in [1.29, 1.82) is 5.26 Å². The summed E-state index contributed by atoms with van der Waals surface area (Å²) < 4.78 is 4.95. The second kappa shape index (κ2) is 10.2. The molecule has 0 saturated carbocycles. The Balaban J connectivity index is 1.71. The van der Waals surface area contributed by atoms with Gasteiger partial charge in [0.25, 0.3) is 5.91 Å². The summed E-state index contributed by atoms with van der Waals surface area (Å²) in [4.78, 5) is 29.2. The number of nitrogens with one attached hydrogen (secondary N) is 1. The first-order chi connectivity index (χ1) is 15.0. The number of esters is 1. The molecule has 31 heavy (non-hydrogen) atoms. The monoisotopic (exact) mass is 413 g/mol. The molecule has 2 aromatic carbocycles. The largest absolute Gasteiger partial charge is 0.469 e. The van der Waals surface area contributed by atoms with Crippen LogP contribution in [-0.4, -0.2) is 30.0 Å². The van der Waals surface area contributed by atoms with E-state index in [1.54, 1.807) is 49.6 Å². The molecule has 1 N–H and O–H groups in total. The van der Waals surface area contributed by atoms with Gasteiger partial charge in [-0.15, -0.1) is 0 Å². The van der Waals surface area contributed by atoms with Crippen LogP contribution in [0.15, 0.2) is 73.1 Å². The summed E-state index contributed by atoms with van der Waals surface area (Å²) in [6.45, 7) is 1.78. The Morgan fingerprint density at radius 3 is 2.39 bits per heavy atom. The predicted molar refractivity (Wildman–Crippen MR) is 117 cm³/mol. The lowest BCUT2D eigenvalue weighted by Crippen LogP contribution is -2.42. The predicted octanol–water partition coefficient (Wildman–Crippen LogP) is 3.77. The van der Waals surface area contributed by atoms with Crippen molar-refractivity contribution in [2.75, 3.05) is 7.11 Å². The number of hydrogen-bond acceptors (Lipinski definition) is 5. The molecular weight excluding hydrogens is 390 g/mol. The lowest BCUT2D eigenvalue weighted by atomic mass is 9.92. The highest BCUT2D eigenvalue weighted by Crippen LogP contribution is 2.20. The van der Waals surface area contributed by atoms with Gasteiger partial charge < -0.3 is 10.1 Å². The van der Waals surface area contributed by atoms with Crippen LogP contribution in [0.25, 0.3) is 11.1 Å². The number of hydrogen-bond donors (Lipinski definition) is 1. The second-order valence-electron chi connectivity index (χ2n) is 7.22. The van der Waals surface area contributed by atoms with E-state index in [1.165, 1.54) is 7.11 Å². The Hall–Kier alpha value is -3.98. The van der Waals surface area contributed by atoms with Crippen LogP contribution in [0.2, 0.25) is 0 Å². The zero-order valence-corrected chi connectivity index (χ0v) is 17.4. The van der Waals surface area contributed by atoms with Crippen molar-refractivity contribution >= 4 is 11.9 Å². The van der Waals surface area contributed by atoms with Crippen molar-refractivity contribution in [3.63, 3.8) is 0 Å². The molecule has 0 spiro atoms. The molecule has 0 bridgehead atoms. The van der Waals surface area contributed by atoms with Crippen molar-refractivity contribution < 1.29 is 14.3 Å². The fraction of sp³-hybridized carbons (Fsp3) is 0.200. The van der Waals surface area contributed by atoms with E-state index >= 15 is 0 Å². The van der Waals surface area contributed by atoms with Crippen LogP contribution in [0.4, 0.5) is 0 Å². The van der Waals surface area contributed by atoms with Gasteiger partial charge in [-0.3, -0.25) is 14.6 Å². The van der Waals surface area contributed by atoms with Crippen LogP contribution in [0, 0.1) is 17.2 Å². The fourth-order valence-electron chi connectivity index (χ4n) is 3.39. The fourth-order valence-corrected chi connectivity index (χ4v) is 3.39. The molecule has 0 aliphatic rings. The molecule has 3 aromatic rings. The third-order valence-corrected chi connectivity index (χ3v) is 5.14. The molecule has 6 heteroatoms. The molecule has 2 atom stereocenters. The van der Waals surface area contributed by atoms with Gasteiger partial charge in [0.15, 0.2) is 0 Å². The number of nitrogens with zero attached hydrogens (tertiary/aromatic N) is 2. The van der Waals surface area contributed by atoms with Gasteiger partial charge in [-0.05, 0) is 66.4 Å². The molecule has 1 aromatic heterocycles. The SMILES string of the molecule is COC(=O)[C@H](Cc1cccc(C#N)c1)C(C)NC(=O)c1ccc(-c2ccncc2)cc1. The molecular formula is C25H23N3O3. The molecule has 156 valence electrons. The van der Waals surface area contributed by atoms with Gasteiger partial charge in [-0.2, -0.15) is 5.26 Å². The number of aromatic nitrogens is 1. The van der Waals surface area contributed by atoms with Crippen LogP contribution in [0.5, 0.6) is 0 Å². The van der Waals surface area contributed by atoms with Gasteiger partial charge in [0.2, 0.25) is 0 Å². The Bertz CT molecular complexity index is 1090.